The van der Waals surface area contributed by atoms with Crippen LogP contribution in [0.2, 0.25) is 10.0 Å². The van der Waals surface area contributed by atoms with Gasteiger partial charge in [0.05, 0.1) is 10.0 Å². The Bertz CT molecular complexity index is 1010. The molecule has 1 aromatic carbocycles. The lowest BCUT2D eigenvalue weighted by Crippen LogP contribution is -2.12. The number of rotatable bonds is 10. The van der Waals surface area contributed by atoms with Gasteiger partial charge < -0.3 is 21.3 Å². The fraction of sp³-hybridized carbons (Fsp3) is 0.400. The molecular weight excluding hydrogens is 423 g/mol. The summed E-state index contributed by atoms with van der Waals surface area (Å²) in [6.45, 7) is 6.26. The Balaban J connectivity index is 1.99. The summed E-state index contributed by atoms with van der Waals surface area (Å²) < 4.78 is 0. The summed E-state index contributed by atoms with van der Waals surface area (Å²) in [5.41, 5.74) is 2.30. The van der Waals surface area contributed by atoms with Gasteiger partial charge >= 0.3 is 0 Å². The maximum atomic E-state index is 6.12. The van der Waals surface area contributed by atoms with E-state index in [1.165, 1.54) is 0 Å². The van der Waals surface area contributed by atoms with Crippen molar-refractivity contribution in [1.29, 1.82) is 0 Å². The van der Waals surface area contributed by atoms with Crippen molar-refractivity contribution < 1.29 is 0 Å². The van der Waals surface area contributed by atoms with Crippen LogP contribution in [-0.4, -0.2) is 40.1 Å². The van der Waals surface area contributed by atoms with Crippen molar-refractivity contribution in [3.8, 4) is 0 Å². The summed E-state index contributed by atoms with van der Waals surface area (Å²) in [5.74, 6) is 2.33. The van der Waals surface area contributed by atoms with Crippen LogP contribution in [0.4, 0.5) is 23.5 Å². The molecule has 0 spiro atoms. The fourth-order valence-corrected chi connectivity index (χ4v) is 3.09. The minimum Gasteiger partial charge on any atom is -0.368 e. The van der Waals surface area contributed by atoms with Gasteiger partial charge in [0.25, 0.3) is 0 Å². The smallest absolute Gasteiger partial charge is 0.225 e. The Hall–Kier alpha value is -2.58. The lowest BCUT2D eigenvalue weighted by atomic mass is 10.2. The number of hydrogen-bond acceptors (Lipinski definition) is 8. The van der Waals surface area contributed by atoms with Gasteiger partial charge in [-0.05, 0) is 30.5 Å². The van der Waals surface area contributed by atoms with Crippen molar-refractivity contribution in [3.05, 3.63) is 33.8 Å². The van der Waals surface area contributed by atoms with E-state index in [4.69, 9.17) is 28.2 Å². The third kappa shape index (κ3) is 5.31. The molecule has 8 nitrogen and oxygen atoms in total. The molecule has 0 aliphatic rings. The summed E-state index contributed by atoms with van der Waals surface area (Å²) in [4.78, 5) is 18.5. The van der Waals surface area contributed by atoms with E-state index in [9.17, 15) is 0 Å². The number of aromatic nitrogens is 4. The molecule has 30 heavy (non-hydrogen) atoms. The van der Waals surface area contributed by atoms with Gasteiger partial charge in [-0.3, -0.25) is 0 Å². The third-order valence-electron chi connectivity index (χ3n) is 4.29. The van der Waals surface area contributed by atoms with Gasteiger partial charge in [-0.2, -0.15) is 9.97 Å². The van der Waals surface area contributed by atoms with Gasteiger partial charge in [0, 0.05) is 26.7 Å². The van der Waals surface area contributed by atoms with E-state index in [1.54, 1.807) is 13.1 Å². The number of fused-ring (bicyclic) bond motifs is 1. The minimum atomic E-state index is 0.479. The standard InChI is InChI=1S/C20H26Cl2N8/c1-4-8-24-17-16-15(27-19(23-3)29-17)18(25-9-5-2)30-20(28-16)26-11-12-6-7-13(21)14(22)10-12/h6-7,10H,4-5,8-9,11H2,1-3H3,(H2,23,24,27,29)(H2,25,26,28,30). The van der Waals surface area contributed by atoms with Crippen LogP contribution in [-0.2, 0) is 6.54 Å². The largest absolute Gasteiger partial charge is 0.368 e. The van der Waals surface area contributed by atoms with Crippen molar-refractivity contribution in [2.75, 3.05) is 41.4 Å². The van der Waals surface area contributed by atoms with E-state index >= 15 is 0 Å². The van der Waals surface area contributed by atoms with Crippen LogP contribution < -0.4 is 21.3 Å². The predicted molar refractivity (Wildman–Crippen MR) is 126 cm³/mol. The van der Waals surface area contributed by atoms with Crippen LogP contribution in [0, 0.1) is 0 Å². The number of benzene rings is 1. The second kappa shape index (κ2) is 10.4. The summed E-state index contributed by atoms with van der Waals surface area (Å²) in [6.07, 6.45) is 1.93. The number of nitrogens with one attached hydrogen (secondary N) is 4. The maximum absolute atomic E-state index is 6.12. The monoisotopic (exact) mass is 448 g/mol. The molecule has 0 atom stereocenters. The van der Waals surface area contributed by atoms with E-state index in [0.717, 1.165) is 31.5 Å². The summed E-state index contributed by atoms with van der Waals surface area (Å²) in [5, 5.41) is 14.0. The molecule has 0 aliphatic heterocycles. The first-order valence-corrected chi connectivity index (χ1v) is 10.7. The number of halogens is 2. The highest BCUT2D eigenvalue weighted by Gasteiger charge is 2.15. The second-order valence-corrected chi connectivity index (χ2v) is 7.51. The number of hydrogen-bond donors (Lipinski definition) is 4. The van der Waals surface area contributed by atoms with E-state index in [1.807, 2.05) is 12.1 Å². The lowest BCUT2D eigenvalue weighted by Gasteiger charge is -2.14. The molecule has 0 saturated carbocycles. The maximum Gasteiger partial charge on any atom is 0.225 e. The highest BCUT2D eigenvalue weighted by Crippen LogP contribution is 2.27. The van der Waals surface area contributed by atoms with Gasteiger partial charge in [0.15, 0.2) is 11.6 Å². The van der Waals surface area contributed by atoms with Crippen LogP contribution in [0.5, 0.6) is 0 Å². The molecule has 10 heteroatoms. The molecule has 0 unspecified atom stereocenters. The first kappa shape index (κ1) is 22.1. The molecule has 3 aromatic rings. The van der Waals surface area contributed by atoms with Crippen molar-refractivity contribution >= 4 is 57.8 Å². The van der Waals surface area contributed by atoms with Gasteiger partial charge in [0.1, 0.15) is 11.0 Å². The minimum absolute atomic E-state index is 0.479. The Morgan fingerprint density at radius 2 is 1.37 bits per heavy atom. The molecule has 4 N–H and O–H groups in total. The molecule has 2 aromatic heterocycles. The quantitative estimate of drug-likeness (QED) is 0.342. The summed E-state index contributed by atoms with van der Waals surface area (Å²) in [6, 6.07) is 5.51. The molecule has 0 bridgehead atoms. The van der Waals surface area contributed by atoms with Gasteiger partial charge in [-0.15, -0.1) is 0 Å². The predicted octanol–water partition coefficient (Wildman–Crippen LogP) is 5.02. The molecule has 0 saturated heterocycles. The molecule has 0 fully saturated rings. The SMILES string of the molecule is CCCNc1nc(NCc2ccc(Cl)c(Cl)c2)nc2c(NCCC)nc(NC)nc12. The third-order valence-corrected chi connectivity index (χ3v) is 5.03. The van der Waals surface area contributed by atoms with E-state index in [0.29, 0.717) is 51.2 Å². The lowest BCUT2D eigenvalue weighted by molar-refractivity contribution is 0.958. The normalized spacial score (nSPS) is 10.8. The van der Waals surface area contributed by atoms with Crippen LogP contribution in [0.1, 0.15) is 32.3 Å². The Morgan fingerprint density at radius 3 is 1.93 bits per heavy atom. The first-order valence-electron chi connectivity index (χ1n) is 9.98. The summed E-state index contributed by atoms with van der Waals surface area (Å²) in [7, 11) is 1.79. The van der Waals surface area contributed by atoms with Crippen LogP contribution in [0.25, 0.3) is 11.0 Å². The Labute approximate surface area is 186 Å². The molecular formula is C20H26Cl2N8. The van der Waals surface area contributed by atoms with Gasteiger partial charge in [0.2, 0.25) is 11.9 Å². The van der Waals surface area contributed by atoms with Gasteiger partial charge in [-0.1, -0.05) is 43.1 Å². The van der Waals surface area contributed by atoms with Crippen LogP contribution in [0.3, 0.4) is 0 Å². The molecule has 3 rings (SSSR count). The summed E-state index contributed by atoms with van der Waals surface area (Å²) >= 11 is 12.1. The fourth-order valence-electron chi connectivity index (χ4n) is 2.77. The Morgan fingerprint density at radius 1 is 0.767 bits per heavy atom. The highest BCUT2D eigenvalue weighted by atomic mass is 35.5. The zero-order chi connectivity index (χ0) is 21.5. The number of anilines is 4. The van der Waals surface area contributed by atoms with E-state index in [2.05, 4.69) is 50.1 Å². The van der Waals surface area contributed by atoms with Crippen LogP contribution in [0.15, 0.2) is 18.2 Å². The Kier molecular flexibility index (Phi) is 7.70. The highest BCUT2D eigenvalue weighted by molar-refractivity contribution is 6.42. The average Bonchev–Trinajstić information content (AvgIpc) is 2.76. The van der Waals surface area contributed by atoms with Crippen LogP contribution >= 0.6 is 23.2 Å². The van der Waals surface area contributed by atoms with E-state index in [-0.39, 0.29) is 0 Å². The van der Waals surface area contributed by atoms with Crippen molar-refractivity contribution in [2.45, 2.75) is 33.2 Å². The van der Waals surface area contributed by atoms with E-state index < -0.39 is 0 Å². The molecule has 0 aliphatic carbocycles. The van der Waals surface area contributed by atoms with Crippen molar-refractivity contribution in [2.24, 2.45) is 0 Å². The molecule has 0 amide bonds. The molecule has 160 valence electrons. The van der Waals surface area contributed by atoms with Crippen molar-refractivity contribution in [1.82, 2.24) is 19.9 Å². The molecule has 2 heterocycles. The van der Waals surface area contributed by atoms with Gasteiger partial charge in [-0.25, -0.2) is 9.97 Å². The topological polar surface area (TPSA) is 99.7 Å². The van der Waals surface area contributed by atoms with Crippen molar-refractivity contribution in [3.63, 3.8) is 0 Å². The average molecular weight is 449 g/mol. The number of nitrogens with zero attached hydrogens (tertiary/aromatic N) is 4. The first-order chi connectivity index (χ1) is 14.5. The second-order valence-electron chi connectivity index (χ2n) is 6.69. The molecule has 0 radical (unpaired) electrons. The zero-order valence-corrected chi connectivity index (χ0v) is 18.8. The zero-order valence-electron chi connectivity index (χ0n) is 17.3.